The summed E-state index contributed by atoms with van der Waals surface area (Å²) in [5, 5.41) is 9.35. The van der Waals surface area contributed by atoms with E-state index in [1.807, 2.05) is 0 Å². The summed E-state index contributed by atoms with van der Waals surface area (Å²) in [4.78, 5) is 11.2. The van der Waals surface area contributed by atoms with Crippen molar-refractivity contribution in [1.29, 1.82) is 0 Å². The predicted molar refractivity (Wildman–Crippen MR) is 64.8 cm³/mol. The fourth-order valence-corrected chi connectivity index (χ4v) is 1.67. The SMILES string of the molecule is COC(=O)c1ccc(-c2cccc(O)c2)c(F)c1. The number of aromatic hydroxyl groups is 1. The molecule has 0 aliphatic carbocycles. The van der Waals surface area contributed by atoms with Gasteiger partial charge in [0.05, 0.1) is 12.7 Å². The molecule has 0 aliphatic rings. The van der Waals surface area contributed by atoms with Crippen LogP contribution in [0.4, 0.5) is 4.39 Å². The van der Waals surface area contributed by atoms with E-state index in [0.29, 0.717) is 11.1 Å². The lowest BCUT2D eigenvalue weighted by atomic mass is 10.0. The third kappa shape index (κ3) is 2.32. The lowest BCUT2D eigenvalue weighted by molar-refractivity contribution is 0.0600. The molecule has 2 rings (SSSR count). The first kappa shape index (κ1) is 12.1. The molecule has 0 radical (unpaired) electrons. The zero-order valence-electron chi connectivity index (χ0n) is 9.68. The van der Waals surface area contributed by atoms with Crippen LogP contribution in [0.3, 0.4) is 0 Å². The van der Waals surface area contributed by atoms with Gasteiger partial charge in [0.2, 0.25) is 0 Å². The molecule has 4 heteroatoms. The highest BCUT2D eigenvalue weighted by Crippen LogP contribution is 2.26. The molecule has 0 atom stereocenters. The zero-order chi connectivity index (χ0) is 13.1. The van der Waals surface area contributed by atoms with Gasteiger partial charge in [0.1, 0.15) is 11.6 Å². The van der Waals surface area contributed by atoms with Gasteiger partial charge in [0.15, 0.2) is 0 Å². The van der Waals surface area contributed by atoms with E-state index < -0.39 is 11.8 Å². The van der Waals surface area contributed by atoms with E-state index in [2.05, 4.69) is 4.74 Å². The molecule has 0 saturated heterocycles. The van der Waals surface area contributed by atoms with Crippen LogP contribution < -0.4 is 0 Å². The van der Waals surface area contributed by atoms with Gasteiger partial charge in [-0.1, -0.05) is 18.2 Å². The third-order valence-electron chi connectivity index (χ3n) is 2.55. The fourth-order valence-electron chi connectivity index (χ4n) is 1.67. The van der Waals surface area contributed by atoms with Crippen LogP contribution in [0.15, 0.2) is 42.5 Å². The molecule has 1 N–H and O–H groups in total. The van der Waals surface area contributed by atoms with E-state index in [-0.39, 0.29) is 11.3 Å². The van der Waals surface area contributed by atoms with Crippen LogP contribution in [0.5, 0.6) is 5.75 Å². The molecule has 0 aliphatic heterocycles. The van der Waals surface area contributed by atoms with Crippen molar-refractivity contribution in [3.63, 3.8) is 0 Å². The number of carbonyl (C=O) groups excluding carboxylic acids is 1. The monoisotopic (exact) mass is 246 g/mol. The van der Waals surface area contributed by atoms with E-state index in [1.165, 1.54) is 31.4 Å². The number of halogens is 1. The highest BCUT2D eigenvalue weighted by molar-refractivity contribution is 5.90. The minimum absolute atomic E-state index is 0.0592. The summed E-state index contributed by atoms with van der Waals surface area (Å²) >= 11 is 0. The van der Waals surface area contributed by atoms with Crippen LogP contribution in [0.2, 0.25) is 0 Å². The second-order valence-electron chi connectivity index (χ2n) is 3.74. The molecule has 0 saturated carbocycles. The fraction of sp³-hybridized carbons (Fsp3) is 0.0714. The molecule has 0 bridgehead atoms. The largest absolute Gasteiger partial charge is 0.508 e. The van der Waals surface area contributed by atoms with Crippen LogP contribution in [0.1, 0.15) is 10.4 Å². The molecular formula is C14H11FO3. The average Bonchev–Trinajstić information content (AvgIpc) is 2.37. The van der Waals surface area contributed by atoms with Gasteiger partial charge in [0, 0.05) is 5.56 Å². The maximum absolute atomic E-state index is 13.9. The second-order valence-corrected chi connectivity index (χ2v) is 3.74. The summed E-state index contributed by atoms with van der Waals surface area (Å²) in [5.74, 6) is -1.07. The maximum atomic E-state index is 13.9. The summed E-state index contributed by atoms with van der Waals surface area (Å²) in [7, 11) is 1.24. The number of methoxy groups -OCH3 is 1. The standard InChI is InChI=1S/C14H11FO3/c1-18-14(17)10-5-6-12(13(15)8-10)9-3-2-4-11(16)7-9/h2-8,16H,1H3. The third-order valence-corrected chi connectivity index (χ3v) is 2.55. The summed E-state index contributed by atoms with van der Waals surface area (Å²) in [6.45, 7) is 0. The molecule has 3 nitrogen and oxygen atoms in total. The van der Waals surface area contributed by atoms with Gasteiger partial charge in [0.25, 0.3) is 0 Å². The first-order valence-corrected chi connectivity index (χ1v) is 5.29. The van der Waals surface area contributed by atoms with Gasteiger partial charge < -0.3 is 9.84 Å². The minimum Gasteiger partial charge on any atom is -0.508 e. The van der Waals surface area contributed by atoms with Crippen LogP contribution in [0.25, 0.3) is 11.1 Å². The van der Waals surface area contributed by atoms with Crippen LogP contribution in [0, 0.1) is 5.82 Å². The van der Waals surface area contributed by atoms with Crippen molar-refractivity contribution in [3.8, 4) is 16.9 Å². The molecule has 0 spiro atoms. The Labute approximate surface area is 103 Å². The van der Waals surface area contributed by atoms with E-state index in [0.717, 1.165) is 6.07 Å². The topological polar surface area (TPSA) is 46.5 Å². The van der Waals surface area contributed by atoms with Crippen molar-refractivity contribution < 1.29 is 19.0 Å². The van der Waals surface area contributed by atoms with Gasteiger partial charge in [-0.05, 0) is 29.8 Å². The highest BCUT2D eigenvalue weighted by atomic mass is 19.1. The van der Waals surface area contributed by atoms with Gasteiger partial charge in [-0.25, -0.2) is 9.18 Å². The van der Waals surface area contributed by atoms with Crippen LogP contribution >= 0.6 is 0 Å². The van der Waals surface area contributed by atoms with E-state index >= 15 is 0 Å². The van der Waals surface area contributed by atoms with Gasteiger partial charge in [-0.15, -0.1) is 0 Å². The van der Waals surface area contributed by atoms with Crippen molar-refractivity contribution in [2.45, 2.75) is 0 Å². The predicted octanol–water partition coefficient (Wildman–Crippen LogP) is 2.98. The summed E-state index contributed by atoms with van der Waals surface area (Å²) in [6.07, 6.45) is 0. The molecule has 0 heterocycles. The number of hydrogen-bond acceptors (Lipinski definition) is 3. The lowest BCUT2D eigenvalue weighted by Crippen LogP contribution is -2.01. The Morgan fingerprint density at radius 2 is 2.00 bits per heavy atom. The van der Waals surface area contributed by atoms with Crippen molar-refractivity contribution >= 4 is 5.97 Å². The summed E-state index contributed by atoms with van der Waals surface area (Å²) < 4.78 is 18.4. The van der Waals surface area contributed by atoms with Crippen LogP contribution in [-0.4, -0.2) is 18.2 Å². The number of carbonyl (C=O) groups is 1. The van der Waals surface area contributed by atoms with E-state index in [4.69, 9.17) is 0 Å². The average molecular weight is 246 g/mol. The first-order valence-electron chi connectivity index (χ1n) is 5.29. The molecule has 92 valence electrons. The quantitative estimate of drug-likeness (QED) is 0.828. The lowest BCUT2D eigenvalue weighted by Gasteiger charge is -2.06. The Morgan fingerprint density at radius 3 is 2.61 bits per heavy atom. The van der Waals surface area contributed by atoms with Crippen molar-refractivity contribution in [3.05, 3.63) is 53.8 Å². The van der Waals surface area contributed by atoms with Gasteiger partial charge in [-0.3, -0.25) is 0 Å². The molecule has 2 aromatic rings. The van der Waals surface area contributed by atoms with Gasteiger partial charge >= 0.3 is 5.97 Å². The number of ether oxygens (including phenoxy) is 1. The van der Waals surface area contributed by atoms with Crippen LogP contribution in [-0.2, 0) is 4.74 Å². The maximum Gasteiger partial charge on any atom is 0.337 e. The second kappa shape index (κ2) is 4.87. The smallest absolute Gasteiger partial charge is 0.337 e. The Bertz CT molecular complexity index is 593. The minimum atomic E-state index is -0.587. The Kier molecular flexibility index (Phi) is 3.28. The normalized spacial score (nSPS) is 10.1. The number of rotatable bonds is 2. The highest BCUT2D eigenvalue weighted by Gasteiger charge is 2.11. The van der Waals surface area contributed by atoms with Crippen molar-refractivity contribution in [2.75, 3.05) is 7.11 Å². The number of phenols is 1. The number of benzene rings is 2. The Balaban J connectivity index is 2.45. The molecule has 2 aromatic carbocycles. The molecule has 0 unspecified atom stereocenters. The molecule has 0 fully saturated rings. The van der Waals surface area contributed by atoms with Gasteiger partial charge in [-0.2, -0.15) is 0 Å². The first-order chi connectivity index (χ1) is 8.61. The molecule has 0 aromatic heterocycles. The zero-order valence-corrected chi connectivity index (χ0v) is 9.68. The Morgan fingerprint density at radius 1 is 1.22 bits per heavy atom. The molecule has 18 heavy (non-hydrogen) atoms. The number of hydrogen-bond donors (Lipinski definition) is 1. The van der Waals surface area contributed by atoms with Crippen molar-refractivity contribution in [2.24, 2.45) is 0 Å². The summed E-state index contributed by atoms with van der Waals surface area (Å²) in [6, 6.07) is 10.3. The van der Waals surface area contributed by atoms with Crippen molar-refractivity contribution in [1.82, 2.24) is 0 Å². The molecule has 0 amide bonds. The number of phenolic OH excluding ortho intramolecular Hbond substituents is 1. The van der Waals surface area contributed by atoms with E-state index in [9.17, 15) is 14.3 Å². The molecular weight excluding hydrogens is 235 g/mol. The number of esters is 1. The Hall–Kier alpha value is -2.36. The van der Waals surface area contributed by atoms with E-state index in [1.54, 1.807) is 12.1 Å². The summed E-state index contributed by atoms with van der Waals surface area (Å²) in [5.41, 5.74) is 1.02.